The Hall–Kier alpha value is -2.64. The molecule has 0 radical (unpaired) electrons. The van der Waals surface area contributed by atoms with Gasteiger partial charge in [0.2, 0.25) is 0 Å². The van der Waals surface area contributed by atoms with Crippen LogP contribution in [-0.2, 0) is 19.2 Å². The summed E-state index contributed by atoms with van der Waals surface area (Å²) >= 11 is 0. The molecule has 76 heavy (non-hydrogen) atoms. The Bertz CT molecular complexity index is 1090. The zero-order valence-corrected chi connectivity index (χ0v) is 51.3. The molecule has 8 nitrogen and oxygen atoms in total. The Morgan fingerprint density at radius 2 is 0.316 bits per heavy atom. The molecule has 0 heterocycles. The van der Waals surface area contributed by atoms with Crippen LogP contribution in [0, 0.1) is 0 Å². The molecule has 0 spiro atoms. The van der Waals surface area contributed by atoms with Crippen molar-refractivity contribution in [3.63, 3.8) is 0 Å². The average molecular weight is 1080 g/mol. The number of hydrogen-bond acceptors (Lipinski definition) is 4. The van der Waals surface area contributed by atoms with E-state index in [2.05, 4.69) is 52.0 Å². The van der Waals surface area contributed by atoms with Gasteiger partial charge in [-0.05, 0) is 77.0 Å². The van der Waals surface area contributed by atoms with E-state index in [0.717, 1.165) is 51.4 Å². The van der Waals surface area contributed by atoms with Crippen molar-refractivity contribution in [2.75, 3.05) is 0 Å². The summed E-state index contributed by atoms with van der Waals surface area (Å²) in [6.45, 7) is 9.04. The van der Waals surface area contributed by atoms with E-state index in [9.17, 15) is 19.2 Å². The molecule has 4 N–H and O–H groups in total. The summed E-state index contributed by atoms with van der Waals surface area (Å²) in [5, 5.41) is 34.0. The fraction of sp³-hybridized carbons (Fsp3) is 0.882. The van der Waals surface area contributed by atoms with E-state index in [4.69, 9.17) is 20.4 Å². The Kier molecular flexibility index (Phi) is 80.5. The van der Waals surface area contributed by atoms with Crippen LogP contribution in [0.1, 0.15) is 387 Å². The van der Waals surface area contributed by atoms with Gasteiger partial charge >= 0.3 is 23.9 Å². The largest absolute Gasteiger partial charge is 0.481 e. The lowest BCUT2D eigenvalue weighted by Crippen LogP contribution is -1.93. The summed E-state index contributed by atoms with van der Waals surface area (Å²) in [7, 11) is 0. The van der Waals surface area contributed by atoms with Gasteiger partial charge in [-0.15, -0.1) is 0 Å². The van der Waals surface area contributed by atoms with Gasteiger partial charge in [0, 0.05) is 25.7 Å². The lowest BCUT2D eigenvalue weighted by Gasteiger charge is -2.02. The van der Waals surface area contributed by atoms with Gasteiger partial charge in [-0.1, -0.05) is 309 Å². The van der Waals surface area contributed by atoms with Gasteiger partial charge in [-0.25, -0.2) is 0 Å². The Morgan fingerprint density at radius 1 is 0.197 bits per heavy atom. The number of allylic oxidation sites excluding steroid dienone is 4. The second kappa shape index (κ2) is 76.6. The third-order valence-corrected chi connectivity index (χ3v) is 14.3. The number of rotatable bonds is 58. The van der Waals surface area contributed by atoms with Crippen molar-refractivity contribution in [1.82, 2.24) is 0 Å². The van der Waals surface area contributed by atoms with Crippen LogP contribution in [0.3, 0.4) is 0 Å². The van der Waals surface area contributed by atoms with Crippen molar-refractivity contribution < 1.29 is 39.6 Å². The number of aliphatic carboxylic acids is 4. The predicted molar refractivity (Wildman–Crippen MR) is 330 cm³/mol. The van der Waals surface area contributed by atoms with E-state index in [-0.39, 0.29) is 0 Å². The smallest absolute Gasteiger partial charge is 0.303 e. The monoisotopic (exact) mass is 1080 g/mol. The second-order valence-corrected chi connectivity index (χ2v) is 22.2. The van der Waals surface area contributed by atoms with Crippen molar-refractivity contribution in [3.05, 3.63) is 24.3 Å². The third kappa shape index (κ3) is 93.8. The maximum absolute atomic E-state index is 10.3. The number of unbranched alkanes of at least 4 members (excludes halogenated alkanes) is 46. The molecule has 0 saturated heterocycles. The zero-order chi connectivity index (χ0) is 56.7. The van der Waals surface area contributed by atoms with Gasteiger partial charge in [0.1, 0.15) is 0 Å². The minimum absolute atomic E-state index is 0.332. The lowest BCUT2D eigenvalue weighted by atomic mass is 10.0. The lowest BCUT2D eigenvalue weighted by molar-refractivity contribution is -0.138. The van der Waals surface area contributed by atoms with Gasteiger partial charge in [0.05, 0.1) is 0 Å². The Morgan fingerprint density at radius 3 is 0.447 bits per heavy atom. The number of carbonyl (C=O) groups is 4. The van der Waals surface area contributed by atoms with Crippen LogP contribution < -0.4 is 0 Å². The average Bonchev–Trinajstić information content (AvgIpc) is 3.39. The Labute approximate surface area is 473 Å². The van der Waals surface area contributed by atoms with Crippen LogP contribution in [-0.4, -0.2) is 44.3 Å². The molecule has 0 aliphatic rings. The second-order valence-electron chi connectivity index (χ2n) is 22.2. The molecule has 452 valence electrons. The van der Waals surface area contributed by atoms with Gasteiger partial charge in [0.15, 0.2) is 0 Å². The number of carboxylic acid groups (broad SMARTS) is 4. The van der Waals surface area contributed by atoms with Crippen LogP contribution in [0.25, 0.3) is 0 Å². The van der Waals surface area contributed by atoms with Crippen LogP contribution in [0.2, 0.25) is 0 Å². The van der Waals surface area contributed by atoms with Crippen LogP contribution >= 0.6 is 0 Å². The topological polar surface area (TPSA) is 149 Å². The first kappa shape index (κ1) is 79.8. The molecule has 0 saturated carbocycles. The quantitative estimate of drug-likeness (QED) is 0.0347. The molecule has 0 aromatic rings. The molecule has 0 atom stereocenters. The fourth-order valence-electron chi connectivity index (χ4n) is 9.28. The molecule has 8 heteroatoms. The molecule has 0 bridgehead atoms. The van der Waals surface area contributed by atoms with Crippen molar-refractivity contribution in [2.45, 2.75) is 387 Å². The molecule has 0 aliphatic heterocycles. The van der Waals surface area contributed by atoms with Gasteiger partial charge < -0.3 is 20.4 Å². The number of carboxylic acids is 4. The third-order valence-electron chi connectivity index (χ3n) is 14.3. The summed E-state index contributed by atoms with van der Waals surface area (Å²) in [5.74, 6) is -2.64. The van der Waals surface area contributed by atoms with Crippen molar-refractivity contribution >= 4 is 23.9 Å². The summed E-state index contributed by atoms with van der Waals surface area (Å²) < 4.78 is 0. The first-order chi connectivity index (χ1) is 37.1. The molecule has 0 fully saturated rings. The number of hydrogen-bond donors (Lipinski definition) is 4. The maximum atomic E-state index is 10.3. The van der Waals surface area contributed by atoms with Crippen LogP contribution in [0.5, 0.6) is 0 Å². The van der Waals surface area contributed by atoms with E-state index in [1.165, 1.54) is 283 Å². The Balaban J connectivity index is -0.000000455. The van der Waals surface area contributed by atoms with Crippen molar-refractivity contribution in [2.24, 2.45) is 0 Å². The molecular formula is C68H132O8. The highest BCUT2D eigenvalue weighted by atomic mass is 16.4. The standard InChI is InChI=1S/2C18H34O2.2C16H32O2/c2*1-2-3-4-5-6-7-8-9-10-11-12-13-14-15-16-17-18(19)20;2*1-2-3-4-5-6-7-8-9-10-11-12-13-14-15-16(17)18/h2*9-10H,2-8,11-17H2,1H3,(H,19,20);2*2-15H2,1H3,(H,17,18). The van der Waals surface area contributed by atoms with Gasteiger partial charge in [-0.3, -0.25) is 19.2 Å². The van der Waals surface area contributed by atoms with Gasteiger partial charge in [0.25, 0.3) is 0 Å². The molecule has 0 amide bonds. The minimum Gasteiger partial charge on any atom is -0.481 e. The summed E-state index contributed by atoms with van der Waals surface area (Å²) in [5.41, 5.74) is 0. The van der Waals surface area contributed by atoms with E-state index >= 15 is 0 Å². The van der Waals surface area contributed by atoms with Crippen molar-refractivity contribution in [3.8, 4) is 0 Å². The fourth-order valence-corrected chi connectivity index (χ4v) is 9.28. The molecular weight excluding hydrogens is 945 g/mol. The SMILES string of the molecule is CCCCCCCCC=CCCCCCCCC(=O)O.CCCCCCCCC=CCCCCCCCC(=O)O.CCCCCCCCCCCCCCCC(=O)O.CCCCCCCCCCCCCCCC(=O)O. The van der Waals surface area contributed by atoms with Crippen molar-refractivity contribution in [1.29, 1.82) is 0 Å². The highest BCUT2D eigenvalue weighted by molar-refractivity contribution is 5.67. The normalized spacial score (nSPS) is 11.0. The van der Waals surface area contributed by atoms with E-state index in [1.807, 2.05) is 0 Å². The van der Waals surface area contributed by atoms with E-state index < -0.39 is 23.9 Å². The maximum Gasteiger partial charge on any atom is 0.303 e. The highest BCUT2D eigenvalue weighted by Gasteiger charge is 2.00. The summed E-state index contributed by atoms with van der Waals surface area (Å²) in [4.78, 5) is 41.2. The molecule has 0 rings (SSSR count). The summed E-state index contributed by atoms with van der Waals surface area (Å²) in [6.07, 6.45) is 77.0. The highest BCUT2D eigenvalue weighted by Crippen LogP contribution is 2.16. The first-order valence-corrected chi connectivity index (χ1v) is 33.3. The van der Waals surface area contributed by atoms with E-state index in [0.29, 0.717) is 25.7 Å². The predicted octanol–water partition coefficient (Wildman–Crippen LogP) is 23.3. The summed E-state index contributed by atoms with van der Waals surface area (Å²) in [6, 6.07) is 0. The molecule has 0 aliphatic carbocycles. The van der Waals surface area contributed by atoms with E-state index in [1.54, 1.807) is 0 Å². The van der Waals surface area contributed by atoms with Crippen LogP contribution in [0.15, 0.2) is 24.3 Å². The molecule has 0 aromatic carbocycles. The molecule has 0 aromatic heterocycles. The van der Waals surface area contributed by atoms with Gasteiger partial charge in [-0.2, -0.15) is 0 Å². The zero-order valence-electron chi connectivity index (χ0n) is 51.3. The van der Waals surface area contributed by atoms with Crippen LogP contribution in [0.4, 0.5) is 0 Å². The minimum atomic E-state index is -0.664. The first-order valence-electron chi connectivity index (χ1n) is 33.3. The molecule has 0 unspecified atom stereocenters.